The van der Waals surface area contributed by atoms with Gasteiger partial charge in [-0.05, 0) is 24.0 Å². The van der Waals surface area contributed by atoms with Crippen molar-refractivity contribution in [3.05, 3.63) is 29.0 Å². The molecule has 1 aromatic heterocycles. The Hall–Kier alpha value is -1.09. The predicted molar refractivity (Wildman–Crippen MR) is 49.3 cm³/mol. The zero-order valence-corrected chi connectivity index (χ0v) is 7.66. The molecule has 0 bridgehead atoms. The van der Waals surface area contributed by atoms with Crippen LogP contribution in [0.3, 0.4) is 0 Å². The second kappa shape index (κ2) is 3.00. The Morgan fingerprint density at radius 3 is 3.00 bits per heavy atom. The molecule has 1 saturated carbocycles. The first-order valence-corrected chi connectivity index (χ1v) is 4.47. The van der Waals surface area contributed by atoms with Crippen molar-refractivity contribution in [1.29, 1.82) is 0 Å². The molecule has 1 aliphatic rings. The lowest BCUT2D eigenvalue weighted by molar-refractivity contribution is -0.119. The maximum absolute atomic E-state index is 10.8. The van der Waals surface area contributed by atoms with Crippen molar-refractivity contribution in [1.82, 2.24) is 4.98 Å². The Balaban J connectivity index is 2.21. The number of hydrogen-bond donors (Lipinski definition) is 1. The van der Waals surface area contributed by atoms with Crippen LogP contribution < -0.4 is 5.73 Å². The van der Waals surface area contributed by atoms with Crippen LogP contribution in [0, 0.1) is 5.92 Å². The second-order valence-electron chi connectivity index (χ2n) is 3.23. The van der Waals surface area contributed by atoms with Gasteiger partial charge in [0.2, 0.25) is 5.91 Å². The number of carbonyl (C=O) groups excluding carboxylic acids is 1. The van der Waals surface area contributed by atoms with E-state index < -0.39 is 0 Å². The van der Waals surface area contributed by atoms with Crippen molar-refractivity contribution in [3.8, 4) is 0 Å². The van der Waals surface area contributed by atoms with Crippen LogP contribution in [0.25, 0.3) is 0 Å². The highest BCUT2D eigenvalue weighted by atomic mass is 35.5. The van der Waals surface area contributed by atoms with Gasteiger partial charge in [-0.15, -0.1) is 0 Å². The van der Waals surface area contributed by atoms with Crippen LogP contribution in [0.4, 0.5) is 0 Å². The molecule has 1 heterocycles. The van der Waals surface area contributed by atoms with E-state index in [1.807, 2.05) is 12.1 Å². The van der Waals surface area contributed by atoms with Crippen LogP contribution in [0.2, 0.25) is 5.15 Å². The highest BCUT2D eigenvalue weighted by molar-refractivity contribution is 6.30. The number of halogens is 1. The molecule has 0 spiro atoms. The average Bonchev–Trinajstić information content (AvgIpc) is 2.84. The van der Waals surface area contributed by atoms with E-state index in [9.17, 15) is 4.79 Å². The minimum Gasteiger partial charge on any atom is -0.369 e. The molecule has 1 aliphatic carbocycles. The van der Waals surface area contributed by atoms with Crippen molar-refractivity contribution in [3.63, 3.8) is 0 Å². The first kappa shape index (κ1) is 8.51. The molecule has 0 radical (unpaired) electrons. The van der Waals surface area contributed by atoms with E-state index in [2.05, 4.69) is 4.98 Å². The van der Waals surface area contributed by atoms with Crippen LogP contribution in [-0.4, -0.2) is 10.9 Å². The lowest BCUT2D eigenvalue weighted by atomic mass is 10.1. The number of nitrogens with two attached hydrogens (primary N) is 1. The topological polar surface area (TPSA) is 56.0 Å². The molecule has 0 saturated heterocycles. The van der Waals surface area contributed by atoms with Gasteiger partial charge in [-0.2, -0.15) is 0 Å². The molecule has 68 valence electrons. The molecule has 2 rings (SSSR count). The van der Waals surface area contributed by atoms with E-state index in [4.69, 9.17) is 17.3 Å². The largest absolute Gasteiger partial charge is 0.369 e. The monoisotopic (exact) mass is 196 g/mol. The Morgan fingerprint density at radius 1 is 1.69 bits per heavy atom. The number of pyridine rings is 1. The molecule has 2 N–H and O–H groups in total. The first-order chi connectivity index (χ1) is 6.20. The summed E-state index contributed by atoms with van der Waals surface area (Å²) in [5, 5.41) is 0.483. The molecule has 3 nitrogen and oxygen atoms in total. The third-order valence-electron chi connectivity index (χ3n) is 2.34. The quantitative estimate of drug-likeness (QED) is 0.726. The molecule has 2 atom stereocenters. The highest BCUT2D eigenvalue weighted by Gasteiger charge is 2.43. The van der Waals surface area contributed by atoms with Gasteiger partial charge in [-0.1, -0.05) is 17.7 Å². The van der Waals surface area contributed by atoms with Crippen LogP contribution in [0.5, 0.6) is 0 Å². The number of primary amides is 1. The fourth-order valence-corrected chi connectivity index (χ4v) is 1.79. The van der Waals surface area contributed by atoms with Crippen LogP contribution in [-0.2, 0) is 4.79 Å². The maximum Gasteiger partial charge on any atom is 0.221 e. The second-order valence-corrected chi connectivity index (χ2v) is 3.59. The summed E-state index contributed by atoms with van der Waals surface area (Å²) in [6, 6.07) is 3.71. The zero-order chi connectivity index (χ0) is 9.42. The molecule has 0 aromatic carbocycles. The Morgan fingerprint density at radius 2 is 2.46 bits per heavy atom. The van der Waals surface area contributed by atoms with Gasteiger partial charge in [0.05, 0.1) is 0 Å². The van der Waals surface area contributed by atoms with Crippen LogP contribution >= 0.6 is 11.6 Å². The Kier molecular flexibility index (Phi) is 1.96. The van der Waals surface area contributed by atoms with E-state index in [0.717, 1.165) is 12.0 Å². The summed E-state index contributed by atoms with van der Waals surface area (Å²) in [7, 11) is 0. The van der Waals surface area contributed by atoms with Gasteiger partial charge in [0.25, 0.3) is 0 Å². The minimum absolute atomic E-state index is 0.0401. The average molecular weight is 197 g/mol. The fraction of sp³-hybridized carbons (Fsp3) is 0.333. The zero-order valence-electron chi connectivity index (χ0n) is 6.90. The van der Waals surface area contributed by atoms with Crippen molar-refractivity contribution in [2.75, 3.05) is 0 Å². The van der Waals surface area contributed by atoms with Gasteiger partial charge in [-0.25, -0.2) is 4.98 Å². The molecule has 2 unspecified atom stereocenters. The van der Waals surface area contributed by atoms with E-state index in [1.54, 1.807) is 6.20 Å². The molecule has 1 aromatic rings. The van der Waals surface area contributed by atoms with Gasteiger partial charge >= 0.3 is 0 Å². The van der Waals surface area contributed by atoms with Gasteiger partial charge in [0.15, 0.2) is 0 Å². The summed E-state index contributed by atoms with van der Waals surface area (Å²) in [5.74, 6) is -0.0923. The number of carbonyl (C=O) groups is 1. The summed E-state index contributed by atoms with van der Waals surface area (Å²) < 4.78 is 0. The van der Waals surface area contributed by atoms with Gasteiger partial charge in [-0.3, -0.25) is 4.79 Å². The third-order valence-corrected chi connectivity index (χ3v) is 2.66. The molecule has 4 heteroatoms. The first-order valence-electron chi connectivity index (χ1n) is 4.10. The van der Waals surface area contributed by atoms with E-state index in [-0.39, 0.29) is 17.7 Å². The molecular formula is C9H9ClN2O. The van der Waals surface area contributed by atoms with E-state index in [1.165, 1.54) is 0 Å². The highest BCUT2D eigenvalue weighted by Crippen LogP contribution is 2.48. The number of amides is 1. The number of rotatable bonds is 2. The van der Waals surface area contributed by atoms with Crippen molar-refractivity contribution >= 4 is 17.5 Å². The van der Waals surface area contributed by atoms with Crippen LogP contribution in [0.1, 0.15) is 17.9 Å². The number of nitrogens with zero attached hydrogens (tertiary/aromatic N) is 1. The summed E-state index contributed by atoms with van der Waals surface area (Å²) >= 11 is 5.87. The summed E-state index contributed by atoms with van der Waals surface area (Å²) in [6.07, 6.45) is 2.44. The van der Waals surface area contributed by atoms with Gasteiger partial charge in [0.1, 0.15) is 5.15 Å². The summed E-state index contributed by atoms with van der Waals surface area (Å²) in [5.41, 5.74) is 6.11. The van der Waals surface area contributed by atoms with Crippen LogP contribution in [0.15, 0.2) is 18.3 Å². The number of aromatic nitrogens is 1. The van der Waals surface area contributed by atoms with E-state index >= 15 is 0 Å². The van der Waals surface area contributed by atoms with Crippen molar-refractivity contribution < 1.29 is 4.79 Å². The normalized spacial score (nSPS) is 25.6. The predicted octanol–water partition coefficient (Wildman–Crippen LogP) is 1.32. The standard InChI is InChI=1S/C9H9ClN2O/c10-8-5(2-1-3-12-8)6-4-7(6)9(11)13/h1-3,6-7H,4H2,(H2,11,13). The fourth-order valence-electron chi connectivity index (χ4n) is 1.53. The lowest BCUT2D eigenvalue weighted by Crippen LogP contribution is -2.13. The molecule has 13 heavy (non-hydrogen) atoms. The third kappa shape index (κ3) is 1.52. The van der Waals surface area contributed by atoms with Gasteiger partial charge in [0, 0.05) is 12.1 Å². The SMILES string of the molecule is NC(=O)C1CC1c1cccnc1Cl. The number of hydrogen-bond acceptors (Lipinski definition) is 2. The molecule has 1 fully saturated rings. The molecule has 0 aliphatic heterocycles. The Labute approximate surface area is 80.9 Å². The van der Waals surface area contributed by atoms with E-state index in [0.29, 0.717) is 5.15 Å². The summed E-state index contributed by atoms with van der Waals surface area (Å²) in [6.45, 7) is 0. The molecule has 1 amide bonds. The smallest absolute Gasteiger partial charge is 0.221 e. The summed E-state index contributed by atoms with van der Waals surface area (Å²) in [4.78, 5) is 14.8. The molecular weight excluding hydrogens is 188 g/mol. The Bertz CT molecular complexity index is 353. The van der Waals surface area contributed by atoms with Crippen molar-refractivity contribution in [2.24, 2.45) is 11.7 Å². The van der Waals surface area contributed by atoms with Crippen molar-refractivity contribution in [2.45, 2.75) is 12.3 Å². The minimum atomic E-state index is -0.245. The lowest BCUT2D eigenvalue weighted by Gasteiger charge is -1.99. The van der Waals surface area contributed by atoms with Gasteiger partial charge < -0.3 is 5.73 Å². The maximum atomic E-state index is 10.8.